The number of unbranched alkanes of at least 4 members (excludes halogenated alkanes) is 1. The minimum atomic E-state index is 1.14. The minimum Gasteiger partial charge on any atom is -0.320 e. The van der Waals surface area contributed by atoms with Crippen molar-refractivity contribution in [3.63, 3.8) is 0 Å². The van der Waals surface area contributed by atoms with Gasteiger partial charge in [-0.3, -0.25) is 0 Å². The maximum atomic E-state index is 3.15. The van der Waals surface area contributed by atoms with Gasteiger partial charge in [0.1, 0.15) is 0 Å². The zero-order valence-corrected chi connectivity index (χ0v) is 10.2. The van der Waals surface area contributed by atoms with Crippen molar-refractivity contribution in [2.24, 2.45) is 0 Å². The van der Waals surface area contributed by atoms with Crippen molar-refractivity contribution < 1.29 is 0 Å². The molecule has 2 nitrogen and oxygen atoms in total. The second kappa shape index (κ2) is 14.4. The van der Waals surface area contributed by atoms with Gasteiger partial charge in [0.05, 0.1) is 0 Å². The molecule has 0 spiro atoms. The van der Waals surface area contributed by atoms with E-state index in [0.29, 0.717) is 0 Å². The molecular weight excluding hydrogens is 160 g/mol. The summed E-state index contributed by atoms with van der Waals surface area (Å²) in [7, 11) is 4.21. The highest BCUT2D eigenvalue weighted by atomic mass is 15.1. The van der Waals surface area contributed by atoms with Crippen LogP contribution in [0.1, 0.15) is 40.0 Å². The molecule has 0 bridgehead atoms. The van der Waals surface area contributed by atoms with E-state index in [2.05, 4.69) is 24.2 Å². The molecule has 0 aromatic heterocycles. The number of hydrogen-bond donors (Lipinski definition) is 1. The smallest absolute Gasteiger partial charge is 0.000969 e. The second-order valence-electron chi connectivity index (χ2n) is 3.11. The van der Waals surface area contributed by atoms with E-state index in [1.807, 2.05) is 20.9 Å². The van der Waals surface area contributed by atoms with Crippen LogP contribution in [0.15, 0.2) is 0 Å². The molecule has 0 aliphatic carbocycles. The maximum Gasteiger partial charge on any atom is -0.000969 e. The quantitative estimate of drug-likeness (QED) is 0.617. The van der Waals surface area contributed by atoms with Crippen LogP contribution in [0.5, 0.6) is 0 Å². The number of rotatable bonds is 7. The molecule has 0 rings (SSSR count). The molecule has 13 heavy (non-hydrogen) atoms. The molecule has 1 N–H and O–H groups in total. The van der Waals surface area contributed by atoms with E-state index in [0.717, 1.165) is 6.54 Å². The third-order valence-electron chi connectivity index (χ3n) is 1.86. The van der Waals surface area contributed by atoms with Crippen LogP contribution in [-0.2, 0) is 0 Å². The summed E-state index contributed by atoms with van der Waals surface area (Å²) < 4.78 is 0. The topological polar surface area (TPSA) is 15.3 Å². The zero-order chi connectivity index (χ0) is 10.5. The fraction of sp³-hybridized carbons (Fsp3) is 1.00. The SMILES string of the molecule is CC.CCCCN(C)CCCNC. The van der Waals surface area contributed by atoms with Gasteiger partial charge in [-0.2, -0.15) is 0 Å². The average molecular weight is 188 g/mol. The van der Waals surface area contributed by atoms with E-state index >= 15 is 0 Å². The van der Waals surface area contributed by atoms with Crippen LogP contribution in [0.2, 0.25) is 0 Å². The van der Waals surface area contributed by atoms with Crippen LogP contribution in [-0.4, -0.2) is 38.6 Å². The molecule has 0 aliphatic rings. The molecule has 82 valence electrons. The highest BCUT2D eigenvalue weighted by Gasteiger charge is 1.94. The fourth-order valence-corrected chi connectivity index (χ4v) is 1.07. The predicted molar refractivity (Wildman–Crippen MR) is 62.3 cm³/mol. The number of hydrogen-bond acceptors (Lipinski definition) is 2. The summed E-state index contributed by atoms with van der Waals surface area (Å²) >= 11 is 0. The van der Waals surface area contributed by atoms with E-state index in [9.17, 15) is 0 Å². The van der Waals surface area contributed by atoms with Crippen LogP contribution in [0, 0.1) is 0 Å². The summed E-state index contributed by atoms with van der Waals surface area (Å²) in [6, 6.07) is 0. The van der Waals surface area contributed by atoms with Gasteiger partial charge in [0.25, 0.3) is 0 Å². The van der Waals surface area contributed by atoms with Crippen LogP contribution in [0.25, 0.3) is 0 Å². The molecule has 0 saturated carbocycles. The lowest BCUT2D eigenvalue weighted by atomic mass is 10.3. The summed E-state index contributed by atoms with van der Waals surface area (Å²) in [6.45, 7) is 9.85. The maximum absolute atomic E-state index is 3.15. The van der Waals surface area contributed by atoms with Crippen molar-refractivity contribution in [2.45, 2.75) is 40.0 Å². The van der Waals surface area contributed by atoms with Crippen LogP contribution >= 0.6 is 0 Å². The fourth-order valence-electron chi connectivity index (χ4n) is 1.07. The molecule has 0 unspecified atom stereocenters. The third kappa shape index (κ3) is 14.7. The summed E-state index contributed by atoms with van der Waals surface area (Å²) in [5.41, 5.74) is 0. The van der Waals surface area contributed by atoms with E-state index in [1.54, 1.807) is 0 Å². The second-order valence-corrected chi connectivity index (χ2v) is 3.11. The van der Waals surface area contributed by atoms with E-state index in [-0.39, 0.29) is 0 Å². The predicted octanol–water partition coefficient (Wildman–Crippen LogP) is 2.35. The van der Waals surface area contributed by atoms with Crippen LogP contribution < -0.4 is 5.32 Å². The van der Waals surface area contributed by atoms with Gasteiger partial charge in [0.2, 0.25) is 0 Å². The molecule has 0 saturated heterocycles. The van der Waals surface area contributed by atoms with Crippen molar-refractivity contribution in [2.75, 3.05) is 33.7 Å². The highest BCUT2D eigenvalue weighted by Crippen LogP contribution is 1.92. The Labute approximate surface area is 84.7 Å². The number of nitrogens with one attached hydrogen (secondary N) is 1. The van der Waals surface area contributed by atoms with E-state index in [1.165, 1.54) is 32.4 Å². The molecule has 0 amide bonds. The Hall–Kier alpha value is -0.0800. The van der Waals surface area contributed by atoms with Crippen molar-refractivity contribution in [1.82, 2.24) is 10.2 Å². The van der Waals surface area contributed by atoms with Crippen LogP contribution in [0.3, 0.4) is 0 Å². The Morgan fingerprint density at radius 3 is 2.08 bits per heavy atom. The summed E-state index contributed by atoms with van der Waals surface area (Å²) in [4.78, 5) is 2.40. The first kappa shape index (κ1) is 15.4. The molecule has 0 aromatic rings. The Kier molecular flexibility index (Phi) is 17.1. The molecule has 2 heteroatoms. The monoisotopic (exact) mass is 188 g/mol. The van der Waals surface area contributed by atoms with Crippen molar-refractivity contribution >= 4 is 0 Å². The molecular formula is C11H28N2. The van der Waals surface area contributed by atoms with Crippen molar-refractivity contribution in [3.05, 3.63) is 0 Å². The Balaban J connectivity index is 0. The lowest BCUT2D eigenvalue weighted by molar-refractivity contribution is 0.322. The molecule has 0 radical (unpaired) electrons. The zero-order valence-electron chi connectivity index (χ0n) is 10.2. The lowest BCUT2D eigenvalue weighted by Crippen LogP contribution is -2.23. The van der Waals surface area contributed by atoms with Gasteiger partial charge in [-0.1, -0.05) is 27.2 Å². The normalized spacial score (nSPS) is 9.69. The average Bonchev–Trinajstić information content (AvgIpc) is 2.18. The largest absolute Gasteiger partial charge is 0.320 e. The molecule has 0 aliphatic heterocycles. The molecule has 0 heterocycles. The van der Waals surface area contributed by atoms with E-state index < -0.39 is 0 Å². The Bertz CT molecular complexity index is 74.5. The minimum absolute atomic E-state index is 1.14. The van der Waals surface area contributed by atoms with Gasteiger partial charge in [0, 0.05) is 0 Å². The lowest BCUT2D eigenvalue weighted by Gasteiger charge is -2.15. The van der Waals surface area contributed by atoms with Gasteiger partial charge in [-0.25, -0.2) is 0 Å². The van der Waals surface area contributed by atoms with Gasteiger partial charge >= 0.3 is 0 Å². The first-order chi connectivity index (χ1) is 6.31. The van der Waals surface area contributed by atoms with Gasteiger partial charge < -0.3 is 10.2 Å². The van der Waals surface area contributed by atoms with Crippen molar-refractivity contribution in [3.8, 4) is 0 Å². The number of nitrogens with zero attached hydrogens (tertiary/aromatic N) is 1. The first-order valence-corrected chi connectivity index (χ1v) is 5.64. The first-order valence-electron chi connectivity index (χ1n) is 5.64. The van der Waals surface area contributed by atoms with E-state index in [4.69, 9.17) is 0 Å². The van der Waals surface area contributed by atoms with Crippen LogP contribution in [0.4, 0.5) is 0 Å². The molecule has 0 aromatic carbocycles. The van der Waals surface area contributed by atoms with Gasteiger partial charge in [-0.15, -0.1) is 0 Å². The molecule has 0 atom stereocenters. The Morgan fingerprint density at radius 1 is 1.08 bits per heavy atom. The summed E-state index contributed by atoms with van der Waals surface area (Å²) in [6.07, 6.45) is 3.89. The third-order valence-corrected chi connectivity index (χ3v) is 1.86. The Morgan fingerprint density at radius 2 is 1.62 bits per heavy atom. The summed E-state index contributed by atoms with van der Waals surface area (Å²) in [5, 5.41) is 3.15. The van der Waals surface area contributed by atoms with Gasteiger partial charge in [-0.05, 0) is 46.6 Å². The standard InChI is InChI=1S/C9H22N2.C2H6/c1-4-5-8-11(3)9-6-7-10-2;1-2/h10H,4-9H2,1-3H3;1-2H3. The molecule has 0 fully saturated rings. The van der Waals surface area contributed by atoms with Crippen molar-refractivity contribution in [1.29, 1.82) is 0 Å². The van der Waals surface area contributed by atoms with Gasteiger partial charge in [0.15, 0.2) is 0 Å². The summed E-state index contributed by atoms with van der Waals surface area (Å²) in [5.74, 6) is 0. The highest BCUT2D eigenvalue weighted by molar-refractivity contribution is 4.52.